The third-order valence-electron chi connectivity index (χ3n) is 2.95. The third kappa shape index (κ3) is 2.74. The Morgan fingerprint density at radius 2 is 2.20 bits per heavy atom. The van der Waals surface area contributed by atoms with Gasteiger partial charge in [-0.3, -0.25) is 10.1 Å². The van der Waals surface area contributed by atoms with E-state index in [-0.39, 0.29) is 10.7 Å². The van der Waals surface area contributed by atoms with Gasteiger partial charge in [0.25, 0.3) is 5.91 Å². The maximum absolute atomic E-state index is 12.1. The number of nitrogens with zero attached hydrogens (tertiary/aromatic N) is 2. The number of amides is 1. The van der Waals surface area contributed by atoms with Crippen molar-refractivity contribution in [3.8, 4) is 0 Å². The number of pyridine rings is 1. The van der Waals surface area contributed by atoms with E-state index in [1.165, 1.54) is 24.2 Å². The van der Waals surface area contributed by atoms with Crippen LogP contribution in [0.5, 0.6) is 0 Å². The van der Waals surface area contributed by atoms with Crippen LogP contribution in [0.1, 0.15) is 34.9 Å². The summed E-state index contributed by atoms with van der Waals surface area (Å²) in [6.07, 6.45) is 2.35. The van der Waals surface area contributed by atoms with Gasteiger partial charge in [-0.25, -0.2) is 15.8 Å². The summed E-state index contributed by atoms with van der Waals surface area (Å²) >= 11 is 7.37. The number of thiazole rings is 1. The molecule has 0 saturated heterocycles. The first-order valence-electron chi connectivity index (χ1n) is 6.07. The molecule has 3 rings (SSSR count). The fraction of sp³-hybridized carbons (Fsp3) is 0.250. The van der Waals surface area contributed by atoms with E-state index in [0.29, 0.717) is 16.9 Å². The smallest absolute Gasteiger partial charge is 0.277 e. The van der Waals surface area contributed by atoms with Gasteiger partial charge in [0.2, 0.25) is 0 Å². The summed E-state index contributed by atoms with van der Waals surface area (Å²) in [5.41, 5.74) is 3.54. The zero-order chi connectivity index (χ0) is 14.1. The number of carbonyl (C=O) groups is 1. The molecule has 2 aromatic heterocycles. The van der Waals surface area contributed by atoms with Gasteiger partial charge in [-0.15, -0.1) is 11.3 Å². The lowest BCUT2D eigenvalue weighted by molar-refractivity contribution is 0.102. The van der Waals surface area contributed by atoms with Crippen molar-refractivity contribution in [1.82, 2.24) is 9.97 Å². The Balaban J connectivity index is 1.77. The number of nitrogens with one attached hydrogen (secondary N) is 2. The molecule has 1 amide bonds. The highest BCUT2D eigenvalue weighted by Gasteiger charge is 2.26. The molecule has 1 fully saturated rings. The molecule has 0 radical (unpaired) electrons. The number of anilines is 2. The molecule has 2 heterocycles. The highest BCUT2D eigenvalue weighted by Crippen LogP contribution is 2.40. The number of aromatic nitrogens is 2. The van der Waals surface area contributed by atoms with Gasteiger partial charge in [-0.1, -0.05) is 11.6 Å². The SMILES string of the molecule is NNc1ccc(Cl)c(C(=O)Nc2nc(C3CC3)cs2)n1. The minimum Gasteiger partial charge on any atom is -0.308 e. The Morgan fingerprint density at radius 1 is 1.40 bits per heavy atom. The lowest BCUT2D eigenvalue weighted by Crippen LogP contribution is -2.16. The average Bonchev–Trinajstić information content (AvgIpc) is 3.20. The summed E-state index contributed by atoms with van der Waals surface area (Å²) < 4.78 is 0. The lowest BCUT2D eigenvalue weighted by Gasteiger charge is -2.05. The standard InChI is InChI=1S/C12H12ClN5OS/c13-7-3-4-9(18-14)16-10(7)11(19)17-12-15-8(5-20-12)6-1-2-6/h3-6H,1-2,14H2,(H,16,18)(H,15,17,19). The van der Waals surface area contributed by atoms with Crippen molar-refractivity contribution < 1.29 is 4.79 Å². The monoisotopic (exact) mass is 309 g/mol. The molecule has 4 N–H and O–H groups in total. The van der Waals surface area contributed by atoms with Crippen molar-refractivity contribution in [2.75, 3.05) is 10.7 Å². The summed E-state index contributed by atoms with van der Waals surface area (Å²) in [7, 11) is 0. The Morgan fingerprint density at radius 3 is 2.90 bits per heavy atom. The van der Waals surface area contributed by atoms with E-state index < -0.39 is 5.91 Å². The molecule has 2 aromatic rings. The highest BCUT2D eigenvalue weighted by molar-refractivity contribution is 7.14. The minimum absolute atomic E-state index is 0.116. The van der Waals surface area contributed by atoms with Gasteiger partial charge in [0.15, 0.2) is 5.13 Å². The van der Waals surface area contributed by atoms with E-state index in [2.05, 4.69) is 20.7 Å². The van der Waals surface area contributed by atoms with Crippen molar-refractivity contribution in [2.45, 2.75) is 18.8 Å². The molecule has 0 aromatic carbocycles. The molecule has 104 valence electrons. The summed E-state index contributed by atoms with van der Waals surface area (Å²) in [5.74, 6) is 5.80. The average molecular weight is 310 g/mol. The van der Waals surface area contributed by atoms with E-state index in [1.807, 2.05) is 5.38 Å². The zero-order valence-corrected chi connectivity index (χ0v) is 12.0. The predicted octanol–water partition coefficient (Wildman–Crippen LogP) is 2.61. The van der Waals surface area contributed by atoms with Gasteiger partial charge < -0.3 is 5.43 Å². The predicted molar refractivity (Wildman–Crippen MR) is 79.1 cm³/mol. The number of hydrogen-bond acceptors (Lipinski definition) is 6. The van der Waals surface area contributed by atoms with Gasteiger partial charge in [-0.2, -0.15) is 0 Å². The van der Waals surface area contributed by atoms with Crippen molar-refractivity contribution in [1.29, 1.82) is 0 Å². The van der Waals surface area contributed by atoms with E-state index in [1.54, 1.807) is 12.1 Å². The zero-order valence-electron chi connectivity index (χ0n) is 10.4. The molecule has 0 unspecified atom stereocenters. The molecule has 1 aliphatic rings. The van der Waals surface area contributed by atoms with Gasteiger partial charge in [0, 0.05) is 11.3 Å². The van der Waals surface area contributed by atoms with Crippen molar-refractivity contribution in [2.24, 2.45) is 5.84 Å². The fourth-order valence-corrected chi connectivity index (χ4v) is 2.73. The van der Waals surface area contributed by atoms with Crippen LogP contribution in [0.4, 0.5) is 10.9 Å². The van der Waals surface area contributed by atoms with Crippen LogP contribution in [-0.2, 0) is 0 Å². The number of halogens is 1. The third-order valence-corrected chi connectivity index (χ3v) is 4.03. The molecule has 1 aliphatic carbocycles. The Labute approximate surface area is 124 Å². The molecule has 1 saturated carbocycles. The number of hydrazine groups is 1. The Kier molecular flexibility index (Phi) is 3.56. The molecular formula is C12H12ClN5OS. The summed E-state index contributed by atoms with van der Waals surface area (Å²) in [4.78, 5) is 20.6. The second-order valence-electron chi connectivity index (χ2n) is 4.48. The van der Waals surface area contributed by atoms with Crippen molar-refractivity contribution >= 4 is 39.8 Å². The first-order valence-corrected chi connectivity index (χ1v) is 7.33. The van der Waals surface area contributed by atoms with E-state index in [4.69, 9.17) is 17.4 Å². The van der Waals surface area contributed by atoms with Crippen LogP contribution in [0.3, 0.4) is 0 Å². The molecule has 6 nitrogen and oxygen atoms in total. The maximum atomic E-state index is 12.1. The largest absolute Gasteiger partial charge is 0.308 e. The second kappa shape index (κ2) is 5.35. The minimum atomic E-state index is -0.399. The van der Waals surface area contributed by atoms with Gasteiger partial charge in [-0.05, 0) is 25.0 Å². The highest BCUT2D eigenvalue weighted by atomic mass is 35.5. The summed E-state index contributed by atoms with van der Waals surface area (Å²) in [5, 5.41) is 5.50. The number of hydrogen-bond donors (Lipinski definition) is 3. The van der Waals surface area contributed by atoms with Crippen LogP contribution >= 0.6 is 22.9 Å². The first kappa shape index (κ1) is 13.3. The van der Waals surface area contributed by atoms with Crippen LogP contribution in [0.25, 0.3) is 0 Å². The van der Waals surface area contributed by atoms with Crippen LogP contribution in [0, 0.1) is 0 Å². The van der Waals surface area contributed by atoms with Gasteiger partial charge in [0.1, 0.15) is 11.5 Å². The summed E-state index contributed by atoms with van der Waals surface area (Å²) in [6.45, 7) is 0. The van der Waals surface area contributed by atoms with Crippen LogP contribution < -0.4 is 16.6 Å². The van der Waals surface area contributed by atoms with Crippen LogP contribution in [0.2, 0.25) is 5.02 Å². The Hall–Kier alpha value is -1.70. The lowest BCUT2D eigenvalue weighted by atomic mass is 10.3. The number of carbonyl (C=O) groups excluding carboxylic acids is 1. The molecular weight excluding hydrogens is 298 g/mol. The molecule has 0 bridgehead atoms. The number of rotatable bonds is 4. The van der Waals surface area contributed by atoms with E-state index >= 15 is 0 Å². The van der Waals surface area contributed by atoms with Crippen molar-refractivity contribution in [3.63, 3.8) is 0 Å². The maximum Gasteiger partial charge on any atom is 0.277 e. The quantitative estimate of drug-likeness (QED) is 0.596. The molecule has 0 atom stereocenters. The Bertz CT molecular complexity index is 655. The molecule has 20 heavy (non-hydrogen) atoms. The first-order chi connectivity index (χ1) is 9.67. The van der Waals surface area contributed by atoms with Crippen LogP contribution in [-0.4, -0.2) is 15.9 Å². The van der Waals surface area contributed by atoms with Gasteiger partial charge >= 0.3 is 0 Å². The molecule has 8 heteroatoms. The van der Waals surface area contributed by atoms with E-state index in [0.717, 1.165) is 5.69 Å². The topological polar surface area (TPSA) is 92.9 Å². The van der Waals surface area contributed by atoms with Gasteiger partial charge in [0.05, 0.1) is 10.7 Å². The summed E-state index contributed by atoms with van der Waals surface area (Å²) in [6, 6.07) is 3.16. The van der Waals surface area contributed by atoms with Crippen molar-refractivity contribution in [3.05, 3.63) is 33.9 Å². The second-order valence-corrected chi connectivity index (χ2v) is 5.74. The molecule has 0 aliphatic heterocycles. The van der Waals surface area contributed by atoms with E-state index in [9.17, 15) is 4.79 Å². The number of nitrogen functional groups attached to an aromatic ring is 1. The van der Waals surface area contributed by atoms with Crippen LogP contribution in [0.15, 0.2) is 17.5 Å². The molecule has 0 spiro atoms. The number of nitrogens with two attached hydrogens (primary N) is 1. The fourth-order valence-electron chi connectivity index (χ4n) is 1.75. The normalized spacial score (nSPS) is 14.1.